The van der Waals surface area contributed by atoms with Crippen LogP contribution in [-0.2, 0) is 10.0 Å². The fraction of sp³-hybridized carbons (Fsp3) is 0.429. The summed E-state index contributed by atoms with van der Waals surface area (Å²) in [4.78, 5) is 18.9. The van der Waals surface area contributed by atoms with Crippen LogP contribution in [0.1, 0.15) is 15.9 Å². The molecule has 1 aromatic heterocycles. The van der Waals surface area contributed by atoms with Gasteiger partial charge in [0.1, 0.15) is 17.3 Å². The van der Waals surface area contributed by atoms with E-state index in [-0.39, 0.29) is 18.2 Å². The molecule has 1 amide bonds. The number of pyridine rings is 1. The first-order chi connectivity index (χ1) is 14.9. The fourth-order valence-electron chi connectivity index (χ4n) is 3.48. The van der Waals surface area contributed by atoms with Crippen LogP contribution in [0.3, 0.4) is 0 Å². The zero-order valence-electron chi connectivity index (χ0n) is 18.0. The molecule has 10 heteroatoms. The average molecular weight is 449 g/mol. The Bertz CT molecular complexity index is 981. The fourth-order valence-corrected chi connectivity index (χ4v) is 4.82. The maximum absolute atomic E-state index is 12.7. The van der Waals surface area contributed by atoms with Crippen LogP contribution in [0.25, 0.3) is 0 Å². The molecule has 1 saturated heterocycles. The Morgan fingerprint density at radius 3 is 2.29 bits per heavy atom. The van der Waals surface area contributed by atoms with Crippen molar-refractivity contribution in [1.82, 2.24) is 14.6 Å². The summed E-state index contributed by atoms with van der Waals surface area (Å²) in [5.41, 5.74) is 1.13. The molecule has 0 aliphatic carbocycles. The van der Waals surface area contributed by atoms with E-state index in [4.69, 9.17) is 9.47 Å². The number of anilines is 1. The zero-order chi connectivity index (χ0) is 22.4. The van der Waals surface area contributed by atoms with Crippen LogP contribution in [0, 0.1) is 6.92 Å². The SMILES string of the molecule is COc1cc(C(=O)NCCS(=O)(=O)N2CCN(c3ccccn3)CC2)cc(OC)c1C. The molecule has 1 N–H and O–H groups in total. The van der Waals surface area contributed by atoms with E-state index in [1.165, 1.54) is 18.5 Å². The Morgan fingerprint density at radius 2 is 1.74 bits per heavy atom. The molecule has 1 aliphatic heterocycles. The van der Waals surface area contributed by atoms with Gasteiger partial charge in [-0.2, -0.15) is 4.31 Å². The lowest BCUT2D eigenvalue weighted by Gasteiger charge is -2.34. The summed E-state index contributed by atoms with van der Waals surface area (Å²) in [6, 6.07) is 8.89. The third-order valence-electron chi connectivity index (χ3n) is 5.27. The number of carbonyl (C=O) groups excluding carboxylic acids is 1. The molecule has 168 valence electrons. The first-order valence-corrected chi connectivity index (χ1v) is 11.6. The molecule has 31 heavy (non-hydrogen) atoms. The van der Waals surface area contributed by atoms with Gasteiger partial charge >= 0.3 is 0 Å². The van der Waals surface area contributed by atoms with E-state index in [1.807, 2.05) is 25.1 Å². The minimum atomic E-state index is -3.48. The summed E-state index contributed by atoms with van der Waals surface area (Å²) >= 11 is 0. The lowest BCUT2D eigenvalue weighted by Crippen LogP contribution is -2.50. The number of ether oxygens (including phenoxy) is 2. The van der Waals surface area contributed by atoms with E-state index in [2.05, 4.69) is 15.2 Å². The largest absolute Gasteiger partial charge is 0.496 e. The monoisotopic (exact) mass is 448 g/mol. The maximum Gasteiger partial charge on any atom is 0.251 e. The number of nitrogens with zero attached hydrogens (tertiary/aromatic N) is 3. The van der Waals surface area contributed by atoms with Crippen molar-refractivity contribution in [3.05, 3.63) is 47.7 Å². The summed E-state index contributed by atoms with van der Waals surface area (Å²) in [5.74, 6) is 1.36. The molecule has 1 aliphatic rings. The third-order valence-corrected chi connectivity index (χ3v) is 7.14. The molecule has 3 rings (SSSR count). The standard InChI is InChI=1S/C21H28N4O5S/c1-16-18(29-2)14-17(15-19(16)30-3)21(26)23-8-13-31(27,28)25-11-9-24(10-12-25)20-6-4-5-7-22-20/h4-7,14-15H,8-13H2,1-3H3,(H,23,26). The van der Waals surface area contributed by atoms with E-state index in [0.29, 0.717) is 43.2 Å². The maximum atomic E-state index is 12.7. The first kappa shape index (κ1) is 22.8. The van der Waals surface area contributed by atoms with Crippen LogP contribution in [0.4, 0.5) is 5.82 Å². The number of piperazine rings is 1. The molecule has 0 unspecified atom stereocenters. The molecule has 1 aromatic carbocycles. The number of sulfonamides is 1. The Morgan fingerprint density at radius 1 is 1.10 bits per heavy atom. The van der Waals surface area contributed by atoms with Crippen LogP contribution >= 0.6 is 0 Å². The van der Waals surface area contributed by atoms with Gasteiger partial charge in [-0.1, -0.05) is 6.07 Å². The molecule has 0 atom stereocenters. The van der Waals surface area contributed by atoms with Crippen LogP contribution in [-0.4, -0.2) is 76.3 Å². The van der Waals surface area contributed by atoms with E-state index in [9.17, 15) is 13.2 Å². The van der Waals surface area contributed by atoms with Crippen LogP contribution in [0.5, 0.6) is 11.5 Å². The topological polar surface area (TPSA) is 101 Å². The van der Waals surface area contributed by atoms with Gasteiger partial charge in [0, 0.05) is 50.0 Å². The second-order valence-electron chi connectivity index (χ2n) is 7.15. The van der Waals surface area contributed by atoms with Crippen LogP contribution in [0.15, 0.2) is 36.5 Å². The summed E-state index contributed by atoms with van der Waals surface area (Å²) in [7, 11) is -0.442. The normalized spacial score (nSPS) is 14.9. The number of amides is 1. The number of rotatable bonds is 8. The van der Waals surface area contributed by atoms with Gasteiger partial charge in [0.05, 0.1) is 20.0 Å². The number of aromatic nitrogens is 1. The second kappa shape index (κ2) is 9.97. The van der Waals surface area contributed by atoms with Gasteiger partial charge in [-0.25, -0.2) is 13.4 Å². The highest BCUT2D eigenvalue weighted by Crippen LogP contribution is 2.29. The average Bonchev–Trinajstić information content (AvgIpc) is 2.79. The third kappa shape index (κ3) is 5.45. The van der Waals surface area contributed by atoms with Gasteiger partial charge in [-0.15, -0.1) is 0 Å². The molecule has 0 radical (unpaired) electrons. The Labute approximate surface area is 183 Å². The lowest BCUT2D eigenvalue weighted by atomic mass is 10.1. The van der Waals surface area contributed by atoms with Gasteiger partial charge in [-0.05, 0) is 31.2 Å². The number of nitrogens with one attached hydrogen (secondary N) is 1. The van der Waals surface area contributed by atoms with Crippen molar-refractivity contribution in [2.45, 2.75) is 6.92 Å². The molecule has 9 nitrogen and oxygen atoms in total. The second-order valence-corrected chi connectivity index (χ2v) is 9.24. The summed E-state index contributed by atoms with van der Waals surface area (Å²) in [6.45, 7) is 3.77. The Hall–Kier alpha value is -2.85. The number of hydrogen-bond acceptors (Lipinski definition) is 7. The number of benzene rings is 1. The lowest BCUT2D eigenvalue weighted by molar-refractivity contribution is 0.0955. The molecule has 0 spiro atoms. The molecule has 0 bridgehead atoms. The molecule has 1 fully saturated rings. The van der Waals surface area contributed by atoms with Gasteiger partial charge in [0.2, 0.25) is 10.0 Å². The van der Waals surface area contributed by atoms with Gasteiger partial charge in [-0.3, -0.25) is 4.79 Å². The molecule has 0 saturated carbocycles. The highest BCUT2D eigenvalue weighted by molar-refractivity contribution is 7.89. The van der Waals surface area contributed by atoms with Gasteiger partial charge in [0.25, 0.3) is 5.91 Å². The molecule has 2 heterocycles. The predicted molar refractivity (Wildman–Crippen MR) is 118 cm³/mol. The van der Waals surface area contributed by atoms with Crippen molar-refractivity contribution in [2.75, 3.05) is 57.6 Å². The van der Waals surface area contributed by atoms with Crippen molar-refractivity contribution in [2.24, 2.45) is 0 Å². The quantitative estimate of drug-likeness (QED) is 0.649. The smallest absolute Gasteiger partial charge is 0.251 e. The van der Waals surface area contributed by atoms with Crippen molar-refractivity contribution in [3.63, 3.8) is 0 Å². The summed E-state index contributed by atoms with van der Waals surface area (Å²) in [5, 5.41) is 2.67. The van der Waals surface area contributed by atoms with Crippen molar-refractivity contribution >= 4 is 21.7 Å². The minimum Gasteiger partial charge on any atom is -0.496 e. The van der Waals surface area contributed by atoms with Gasteiger partial charge < -0.3 is 19.7 Å². The highest BCUT2D eigenvalue weighted by Gasteiger charge is 2.27. The number of methoxy groups -OCH3 is 2. The van der Waals surface area contributed by atoms with Crippen molar-refractivity contribution < 1.29 is 22.7 Å². The number of hydrogen-bond donors (Lipinski definition) is 1. The van der Waals surface area contributed by atoms with E-state index in [1.54, 1.807) is 18.3 Å². The summed E-state index contributed by atoms with van der Waals surface area (Å²) < 4.78 is 37.4. The highest BCUT2D eigenvalue weighted by atomic mass is 32.2. The molecule has 2 aromatic rings. The number of carbonyl (C=O) groups is 1. The van der Waals surface area contributed by atoms with Gasteiger partial charge in [0.15, 0.2) is 0 Å². The zero-order valence-corrected chi connectivity index (χ0v) is 18.8. The Kier molecular flexibility index (Phi) is 7.34. The molecular weight excluding hydrogens is 420 g/mol. The van der Waals surface area contributed by atoms with E-state index < -0.39 is 10.0 Å². The van der Waals surface area contributed by atoms with Crippen molar-refractivity contribution in [1.29, 1.82) is 0 Å². The first-order valence-electron chi connectivity index (χ1n) is 10.0. The van der Waals surface area contributed by atoms with E-state index in [0.717, 1.165) is 11.4 Å². The Balaban J connectivity index is 1.54. The predicted octanol–water partition coefficient (Wildman–Crippen LogP) is 1.29. The van der Waals surface area contributed by atoms with Crippen molar-refractivity contribution in [3.8, 4) is 11.5 Å². The minimum absolute atomic E-state index is 0.0140. The van der Waals surface area contributed by atoms with Crippen LogP contribution in [0.2, 0.25) is 0 Å². The molecular formula is C21H28N4O5S. The van der Waals surface area contributed by atoms with E-state index >= 15 is 0 Å². The van der Waals surface area contributed by atoms with Crippen LogP contribution < -0.4 is 19.7 Å². The summed E-state index contributed by atoms with van der Waals surface area (Å²) in [6.07, 6.45) is 1.72.